The molecule has 1 fully saturated rings. The number of likely N-dealkylation sites (tertiary alicyclic amines) is 1. The van der Waals surface area contributed by atoms with E-state index in [0.29, 0.717) is 27.6 Å². The first-order valence-corrected chi connectivity index (χ1v) is 7.84. The number of Topliss-reactive ketones (excluding diaryl/α,β-unsaturated/α-hetero) is 1. The first kappa shape index (κ1) is 15.8. The predicted molar refractivity (Wildman–Crippen MR) is 84.9 cm³/mol. The lowest BCUT2D eigenvalue weighted by atomic mass is 9.85. The van der Waals surface area contributed by atoms with Crippen LogP contribution in [0.4, 0.5) is 0 Å². The molecule has 2 rings (SSSR count). The summed E-state index contributed by atoms with van der Waals surface area (Å²) in [7, 11) is 0. The minimum absolute atomic E-state index is 0.0530. The zero-order valence-corrected chi connectivity index (χ0v) is 13.6. The number of halogens is 2. The SMILES string of the molecule is CC1(C)CCCN(CC(=O)c2cc(Cl)ccc2Cl)CC1. The molecule has 0 spiro atoms. The average molecular weight is 314 g/mol. The van der Waals surface area contributed by atoms with Gasteiger partial charge >= 0.3 is 0 Å². The third-order valence-electron chi connectivity index (χ3n) is 4.03. The monoisotopic (exact) mass is 313 g/mol. The van der Waals surface area contributed by atoms with Crippen molar-refractivity contribution in [1.29, 1.82) is 0 Å². The Balaban J connectivity index is 2.02. The molecule has 2 nitrogen and oxygen atoms in total. The molecule has 20 heavy (non-hydrogen) atoms. The van der Waals surface area contributed by atoms with E-state index in [4.69, 9.17) is 23.2 Å². The molecular weight excluding hydrogens is 293 g/mol. The molecule has 0 saturated carbocycles. The smallest absolute Gasteiger partial charge is 0.178 e. The topological polar surface area (TPSA) is 20.3 Å². The number of ketones is 1. The van der Waals surface area contributed by atoms with Gasteiger partial charge in [-0.15, -0.1) is 0 Å². The van der Waals surface area contributed by atoms with Gasteiger partial charge in [-0.05, 0) is 56.0 Å². The molecule has 110 valence electrons. The minimum Gasteiger partial charge on any atom is -0.296 e. The van der Waals surface area contributed by atoms with E-state index in [1.165, 1.54) is 6.42 Å². The van der Waals surface area contributed by atoms with E-state index in [2.05, 4.69) is 18.7 Å². The van der Waals surface area contributed by atoms with E-state index in [0.717, 1.165) is 25.9 Å². The highest BCUT2D eigenvalue weighted by Crippen LogP contribution is 2.30. The highest BCUT2D eigenvalue weighted by molar-refractivity contribution is 6.36. The molecular formula is C16H21Cl2NO. The molecule has 1 aromatic carbocycles. The second kappa shape index (κ2) is 6.46. The van der Waals surface area contributed by atoms with Gasteiger partial charge in [0.1, 0.15) is 0 Å². The second-order valence-corrected chi connectivity index (χ2v) is 7.18. The fraction of sp³-hybridized carbons (Fsp3) is 0.562. The molecule has 1 heterocycles. The van der Waals surface area contributed by atoms with Crippen LogP contribution < -0.4 is 0 Å². The Morgan fingerprint density at radius 2 is 2.00 bits per heavy atom. The highest BCUT2D eigenvalue weighted by Gasteiger charge is 2.24. The summed E-state index contributed by atoms with van der Waals surface area (Å²) >= 11 is 12.0. The van der Waals surface area contributed by atoms with Crippen molar-refractivity contribution >= 4 is 29.0 Å². The van der Waals surface area contributed by atoms with Gasteiger partial charge in [0.15, 0.2) is 5.78 Å². The van der Waals surface area contributed by atoms with Gasteiger partial charge in [-0.1, -0.05) is 37.0 Å². The van der Waals surface area contributed by atoms with Crippen LogP contribution in [0.2, 0.25) is 10.0 Å². The standard InChI is InChI=1S/C16H21Cl2NO/c1-16(2)6-3-8-19(9-7-16)11-15(20)13-10-12(17)4-5-14(13)18/h4-5,10H,3,6-9,11H2,1-2H3. The highest BCUT2D eigenvalue weighted by atomic mass is 35.5. The molecule has 0 radical (unpaired) electrons. The Kier molecular flexibility index (Phi) is 5.11. The summed E-state index contributed by atoms with van der Waals surface area (Å²) in [6.07, 6.45) is 3.49. The van der Waals surface area contributed by atoms with Gasteiger partial charge in [0, 0.05) is 10.6 Å². The van der Waals surface area contributed by atoms with E-state index >= 15 is 0 Å². The summed E-state index contributed by atoms with van der Waals surface area (Å²) in [6.45, 7) is 6.97. The maximum absolute atomic E-state index is 12.4. The maximum Gasteiger partial charge on any atom is 0.178 e. The predicted octanol–water partition coefficient (Wildman–Crippen LogP) is 4.69. The van der Waals surface area contributed by atoms with Gasteiger partial charge in [-0.2, -0.15) is 0 Å². The summed E-state index contributed by atoms with van der Waals surface area (Å²) in [5.74, 6) is 0.0530. The molecule has 1 aromatic rings. The fourth-order valence-corrected chi connectivity index (χ4v) is 3.03. The van der Waals surface area contributed by atoms with E-state index in [1.807, 2.05) is 0 Å². The number of nitrogens with zero attached hydrogens (tertiary/aromatic N) is 1. The number of hydrogen-bond acceptors (Lipinski definition) is 2. The summed E-state index contributed by atoms with van der Waals surface area (Å²) in [6, 6.07) is 5.05. The molecule has 0 bridgehead atoms. The summed E-state index contributed by atoms with van der Waals surface area (Å²) in [4.78, 5) is 14.6. The number of carbonyl (C=O) groups excluding carboxylic acids is 1. The number of hydrogen-bond donors (Lipinski definition) is 0. The van der Waals surface area contributed by atoms with Crippen molar-refractivity contribution in [3.05, 3.63) is 33.8 Å². The average Bonchev–Trinajstić information content (AvgIpc) is 2.54. The van der Waals surface area contributed by atoms with Crippen LogP contribution in [-0.4, -0.2) is 30.3 Å². The molecule has 0 unspecified atom stereocenters. The van der Waals surface area contributed by atoms with Crippen molar-refractivity contribution < 1.29 is 4.79 Å². The minimum atomic E-state index is 0.0530. The number of rotatable bonds is 3. The summed E-state index contributed by atoms with van der Waals surface area (Å²) in [5, 5.41) is 1.03. The zero-order chi connectivity index (χ0) is 14.8. The van der Waals surface area contributed by atoms with Crippen LogP contribution in [0.1, 0.15) is 43.5 Å². The lowest BCUT2D eigenvalue weighted by Crippen LogP contribution is -2.31. The van der Waals surface area contributed by atoms with E-state index in [-0.39, 0.29) is 5.78 Å². The second-order valence-electron chi connectivity index (χ2n) is 6.34. The first-order chi connectivity index (χ1) is 9.37. The van der Waals surface area contributed by atoms with Crippen molar-refractivity contribution in [1.82, 2.24) is 4.90 Å². The lowest BCUT2D eigenvalue weighted by Gasteiger charge is -2.23. The number of carbonyl (C=O) groups is 1. The Morgan fingerprint density at radius 3 is 2.75 bits per heavy atom. The molecule has 0 N–H and O–H groups in total. The van der Waals surface area contributed by atoms with Crippen molar-refractivity contribution in [3.63, 3.8) is 0 Å². The third kappa shape index (κ3) is 4.21. The fourth-order valence-electron chi connectivity index (χ4n) is 2.64. The Labute approximate surface area is 131 Å². The van der Waals surface area contributed by atoms with Crippen molar-refractivity contribution in [3.8, 4) is 0 Å². The Morgan fingerprint density at radius 1 is 1.25 bits per heavy atom. The molecule has 0 amide bonds. The molecule has 0 aliphatic carbocycles. The van der Waals surface area contributed by atoms with E-state index in [9.17, 15) is 4.79 Å². The molecule has 1 aliphatic heterocycles. The quantitative estimate of drug-likeness (QED) is 0.755. The normalized spacial score (nSPS) is 19.6. The van der Waals surface area contributed by atoms with Gasteiger partial charge in [-0.3, -0.25) is 9.69 Å². The van der Waals surface area contributed by atoms with Crippen molar-refractivity contribution in [2.24, 2.45) is 5.41 Å². The molecule has 0 aromatic heterocycles. The van der Waals surface area contributed by atoms with E-state index in [1.54, 1.807) is 18.2 Å². The van der Waals surface area contributed by atoms with Crippen LogP contribution in [0.3, 0.4) is 0 Å². The van der Waals surface area contributed by atoms with Gasteiger partial charge in [0.2, 0.25) is 0 Å². The van der Waals surface area contributed by atoms with Gasteiger partial charge in [0.25, 0.3) is 0 Å². The maximum atomic E-state index is 12.4. The van der Waals surface area contributed by atoms with Gasteiger partial charge in [-0.25, -0.2) is 0 Å². The van der Waals surface area contributed by atoms with Gasteiger partial charge < -0.3 is 0 Å². The molecule has 1 aliphatic rings. The van der Waals surface area contributed by atoms with Gasteiger partial charge in [0.05, 0.1) is 11.6 Å². The van der Waals surface area contributed by atoms with Crippen LogP contribution in [0.15, 0.2) is 18.2 Å². The van der Waals surface area contributed by atoms with Crippen molar-refractivity contribution in [2.45, 2.75) is 33.1 Å². The summed E-state index contributed by atoms with van der Waals surface area (Å²) in [5.41, 5.74) is 0.911. The lowest BCUT2D eigenvalue weighted by molar-refractivity contribution is 0.0931. The van der Waals surface area contributed by atoms with Crippen LogP contribution >= 0.6 is 23.2 Å². The molecule has 1 saturated heterocycles. The summed E-state index contributed by atoms with van der Waals surface area (Å²) < 4.78 is 0. The largest absolute Gasteiger partial charge is 0.296 e. The van der Waals surface area contributed by atoms with E-state index < -0.39 is 0 Å². The van der Waals surface area contributed by atoms with Crippen LogP contribution in [-0.2, 0) is 0 Å². The van der Waals surface area contributed by atoms with Crippen molar-refractivity contribution in [2.75, 3.05) is 19.6 Å². The third-order valence-corrected chi connectivity index (χ3v) is 4.59. The Bertz CT molecular complexity index is 499. The number of benzene rings is 1. The zero-order valence-electron chi connectivity index (χ0n) is 12.1. The van der Waals surface area contributed by atoms with Crippen LogP contribution in [0, 0.1) is 5.41 Å². The molecule has 4 heteroatoms. The van der Waals surface area contributed by atoms with Crippen LogP contribution in [0.25, 0.3) is 0 Å². The van der Waals surface area contributed by atoms with Crippen LogP contribution in [0.5, 0.6) is 0 Å². The molecule has 0 atom stereocenters. The Hall–Kier alpha value is -0.570. The first-order valence-electron chi connectivity index (χ1n) is 7.08.